The van der Waals surface area contributed by atoms with Gasteiger partial charge in [-0.15, -0.1) is 0 Å². The van der Waals surface area contributed by atoms with Crippen LogP contribution >= 0.6 is 0 Å². The Morgan fingerprint density at radius 1 is 1.04 bits per heavy atom. The van der Waals surface area contributed by atoms with Gasteiger partial charge < -0.3 is 5.32 Å². The fourth-order valence-corrected chi connectivity index (χ4v) is 3.13. The van der Waals surface area contributed by atoms with Crippen LogP contribution in [0.1, 0.15) is 34.5 Å². The third-order valence-electron chi connectivity index (χ3n) is 4.79. The molecule has 0 saturated heterocycles. The van der Waals surface area contributed by atoms with Crippen molar-refractivity contribution < 1.29 is 13.6 Å². The molecule has 0 unspecified atom stereocenters. The summed E-state index contributed by atoms with van der Waals surface area (Å²) in [4.78, 5) is 12.2. The molecular weight excluding hydrogens is 360 g/mol. The Labute approximate surface area is 163 Å². The summed E-state index contributed by atoms with van der Waals surface area (Å²) >= 11 is 0. The van der Waals surface area contributed by atoms with Crippen LogP contribution in [0.4, 0.5) is 8.78 Å². The van der Waals surface area contributed by atoms with Crippen molar-refractivity contribution in [1.82, 2.24) is 15.1 Å². The quantitative estimate of drug-likeness (QED) is 0.668. The van der Waals surface area contributed by atoms with E-state index in [0.717, 1.165) is 34.6 Å². The van der Waals surface area contributed by atoms with Gasteiger partial charge in [0.2, 0.25) is 5.91 Å². The Hall–Kier alpha value is -3.02. The van der Waals surface area contributed by atoms with Crippen molar-refractivity contribution >= 4 is 5.91 Å². The van der Waals surface area contributed by atoms with Crippen molar-refractivity contribution in [3.05, 3.63) is 88.2 Å². The van der Waals surface area contributed by atoms with Crippen LogP contribution in [0.25, 0.3) is 0 Å². The third kappa shape index (κ3) is 4.82. The minimum atomic E-state index is -0.894. The van der Waals surface area contributed by atoms with Crippen LogP contribution in [-0.4, -0.2) is 15.7 Å². The van der Waals surface area contributed by atoms with Gasteiger partial charge in [0.05, 0.1) is 12.2 Å². The van der Waals surface area contributed by atoms with E-state index >= 15 is 0 Å². The van der Waals surface area contributed by atoms with Gasteiger partial charge in [-0.1, -0.05) is 36.4 Å². The molecule has 3 rings (SSSR count). The molecule has 1 heterocycles. The van der Waals surface area contributed by atoms with Crippen LogP contribution in [-0.2, 0) is 24.3 Å². The molecule has 4 nitrogen and oxygen atoms in total. The van der Waals surface area contributed by atoms with Crippen LogP contribution < -0.4 is 5.32 Å². The van der Waals surface area contributed by atoms with E-state index in [-0.39, 0.29) is 12.3 Å². The fraction of sp³-hybridized carbons (Fsp3) is 0.273. The summed E-state index contributed by atoms with van der Waals surface area (Å²) < 4.78 is 28.1. The maximum atomic E-state index is 13.2. The summed E-state index contributed by atoms with van der Waals surface area (Å²) in [7, 11) is 0. The molecule has 0 aliphatic heterocycles. The van der Waals surface area contributed by atoms with Gasteiger partial charge in [0.1, 0.15) is 0 Å². The molecule has 28 heavy (non-hydrogen) atoms. The molecule has 0 aliphatic rings. The van der Waals surface area contributed by atoms with E-state index in [4.69, 9.17) is 0 Å². The van der Waals surface area contributed by atoms with Crippen molar-refractivity contribution in [3.63, 3.8) is 0 Å². The van der Waals surface area contributed by atoms with E-state index in [0.29, 0.717) is 25.1 Å². The summed E-state index contributed by atoms with van der Waals surface area (Å²) in [5.74, 6) is -1.92. The smallest absolute Gasteiger partial charge is 0.220 e. The lowest BCUT2D eigenvalue weighted by atomic mass is 10.1. The van der Waals surface area contributed by atoms with E-state index in [1.807, 2.05) is 36.7 Å². The first-order valence-corrected chi connectivity index (χ1v) is 9.21. The standard InChI is InChI=1S/C22H23F2N3O/c1-15-19(16(2)27(26-15)14-18-6-4-3-5-7-18)13-25-22(28)11-9-17-8-10-20(23)21(24)12-17/h3-8,10,12H,9,11,13-14H2,1-2H3,(H,25,28). The van der Waals surface area contributed by atoms with Crippen molar-refractivity contribution in [1.29, 1.82) is 0 Å². The molecule has 3 aromatic rings. The molecule has 0 spiro atoms. The summed E-state index contributed by atoms with van der Waals surface area (Å²) in [6, 6.07) is 13.8. The SMILES string of the molecule is Cc1nn(Cc2ccccc2)c(C)c1CNC(=O)CCc1ccc(F)c(F)c1. The Morgan fingerprint density at radius 2 is 1.79 bits per heavy atom. The molecule has 2 aromatic carbocycles. The van der Waals surface area contributed by atoms with Crippen molar-refractivity contribution in [2.75, 3.05) is 0 Å². The second kappa shape index (κ2) is 8.78. The van der Waals surface area contributed by atoms with Crippen LogP contribution in [0.15, 0.2) is 48.5 Å². The van der Waals surface area contributed by atoms with E-state index in [1.165, 1.54) is 6.07 Å². The van der Waals surface area contributed by atoms with Crippen molar-refractivity contribution in [2.45, 2.75) is 39.8 Å². The number of nitrogens with zero attached hydrogens (tertiary/aromatic N) is 2. The molecular formula is C22H23F2N3O. The summed E-state index contributed by atoms with van der Waals surface area (Å²) in [6.45, 7) is 4.99. The molecule has 0 aliphatic carbocycles. The van der Waals surface area contributed by atoms with Crippen LogP contribution in [0, 0.1) is 25.5 Å². The zero-order valence-corrected chi connectivity index (χ0v) is 16.0. The Balaban J connectivity index is 1.56. The van der Waals surface area contributed by atoms with Gasteiger partial charge in [-0.25, -0.2) is 8.78 Å². The lowest BCUT2D eigenvalue weighted by Crippen LogP contribution is -2.23. The van der Waals surface area contributed by atoms with Crippen LogP contribution in [0.3, 0.4) is 0 Å². The first kappa shape index (κ1) is 19.7. The highest BCUT2D eigenvalue weighted by atomic mass is 19.2. The van der Waals surface area contributed by atoms with Gasteiger partial charge in [-0.3, -0.25) is 9.48 Å². The maximum Gasteiger partial charge on any atom is 0.220 e. The van der Waals surface area contributed by atoms with E-state index < -0.39 is 11.6 Å². The lowest BCUT2D eigenvalue weighted by molar-refractivity contribution is -0.121. The largest absolute Gasteiger partial charge is 0.352 e. The molecule has 0 atom stereocenters. The minimum Gasteiger partial charge on any atom is -0.352 e. The Kier molecular flexibility index (Phi) is 6.19. The number of rotatable bonds is 7. The second-order valence-corrected chi connectivity index (χ2v) is 6.82. The van der Waals surface area contributed by atoms with Gasteiger partial charge in [-0.2, -0.15) is 5.10 Å². The van der Waals surface area contributed by atoms with Gasteiger partial charge >= 0.3 is 0 Å². The minimum absolute atomic E-state index is 0.139. The highest BCUT2D eigenvalue weighted by Gasteiger charge is 2.13. The Bertz CT molecular complexity index is 967. The zero-order chi connectivity index (χ0) is 20.1. The second-order valence-electron chi connectivity index (χ2n) is 6.82. The first-order chi connectivity index (χ1) is 13.4. The number of amides is 1. The normalized spacial score (nSPS) is 10.9. The predicted octanol–water partition coefficient (Wildman–Crippen LogP) is 4.08. The van der Waals surface area contributed by atoms with Gasteiger partial charge in [-0.05, 0) is 43.5 Å². The highest BCUT2D eigenvalue weighted by molar-refractivity contribution is 5.76. The molecule has 1 N–H and O–H groups in total. The maximum absolute atomic E-state index is 13.2. The lowest BCUT2D eigenvalue weighted by Gasteiger charge is -2.08. The van der Waals surface area contributed by atoms with E-state index in [1.54, 1.807) is 0 Å². The molecule has 1 amide bonds. The molecule has 146 valence electrons. The van der Waals surface area contributed by atoms with Crippen LogP contribution in [0.5, 0.6) is 0 Å². The monoisotopic (exact) mass is 383 g/mol. The van der Waals surface area contributed by atoms with E-state index in [2.05, 4.69) is 22.5 Å². The molecule has 6 heteroatoms. The molecule has 1 aromatic heterocycles. The average Bonchev–Trinajstić information content (AvgIpc) is 2.95. The number of aromatic nitrogens is 2. The first-order valence-electron chi connectivity index (χ1n) is 9.21. The third-order valence-corrected chi connectivity index (χ3v) is 4.79. The number of halogens is 2. The Morgan fingerprint density at radius 3 is 2.50 bits per heavy atom. The van der Waals surface area contributed by atoms with E-state index in [9.17, 15) is 13.6 Å². The fourth-order valence-electron chi connectivity index (χ4n) is 3.13. The number of carbonyl (C=O) groups excluding carboxylic acids is 1. The van der Waals surface area contributed by atoms with Crippen molar-refractivity contribution in [3.8, 4) is 0 Å². The number of hydrogen-bond acceptors (Lipinski definition) is 2. The van der Waals surface area contributed by atoms with Gasteiger partial charge in [0.25, 0.3) is 0 Å². The molecule has 0 bridgehead atoms. The number of hydrogen-bond donors (Lipinski definition) is 1. The molecule has 0 saturated carbocycles. The number of carbonyl (C=O) groups is 1. The van der Waals surface area contributed by atoms with Crippen LogP contribution in [0.2, 0.25) is 0 Å². The number of nitrogens with one attached hydrogen (secondary N) is 1. The number of aryl methyl sites for hydroxylation is 2. The highest BCUT2D eigenvalue weighted by Crippen LogP contribution is 2.15. The topological polar surface area (TPSA) is 46.9 Å². The van der Waals surface area contributed by atoms with Gasteiger partial charge in [0.15, 0.2) is 11.6 Å². The molecule has 0 fully saturated rings. The average molecular weight is 383 g/mol. The number of benzene rings is 2. The molecule has 0 radical (unpaired) electrons. The van der Waals surface area contributed by atoms with Gasteiger partial charge in [0, 0.05) is 24.2 Å². The predicted molar refractivity (Wildman–Crippen MR) is 104 cm³/mol. The van der Waals surface area contributed by atoms with Crippen molar-refractivity contribution in [2.24, 2.45) is 0 Å². The summed E-state index contributed by atoms with van der Waals surface area (Å²) in [6.07, 6.45) is 0.565. The summed E-state index contributed by atoms with van der Waals surface area (Å²) in [5.41, 5.74) is 4.65. The summed E-state index contributed by atoms with van der Waals surface area (Å²) in [5, 5.41) is 7.48. The zero-order valence-electron chi connectivity index (χ0n) is 16.0.